The van der Waals surface area contributed by atoms with Gasteiger partial charge in [0.1, 0.15) is 0 Å². The molecular weight excluding hydrogens is 605 g/mol. The van der Waals surface area contributed by atoms with Crippen molar-refractivity contribution in [1.29, 1.82) is 0 Å². The first-order chi connectivity index (χ1) is 24.8. The number of nitrogens with zero attached hydrogens (tertiary/aromatic N) is 2. The summed E-state index contributed by atoms with van der Waals surface area (Å²) in [6.45, 7) is 0. The van der Waals surface area contributed by atoms with Crippen molar-refractivity contribution in [3.8, 4) is 16.8 Å². The van der Waals surface area contributed by atoms with Gasteiger partial charge in [0.15, 0.2) is 0 Å². The van der Waals surface area contributed by atoms with E-state index in [2.05, 4.69) is 161 Å². The third-order valence-corrected chi connectivity index (χ3v) is 11.4. The van der Waals surface area contributed by atoms with Crippen LogP contribution in [0.15, 0.2) is 151 Å². The summed E-state index contributed by atoms with van der Waals surface area (Å²) >= 11 is 0. The minimum Gasteiger partial charge on any atom is -0.314 e. The fraction of sp³-hybridized carbons (Fsp3) is 0.167. The number of benzene rings is 4. The van der Waals surface area contributed by atoms with Crippen LogP contribution in [0.4, 0.5) is 0 Å². The summed E-state index contributed by atoms with van der Waals surface area (Å²) in [6, 6.07) is 35.8. The monoisotopic (exact) mass is 644 g/mol. The summed E-state index contributed by atoms with van der Waals surface area (Å²) in [5.74, 6) is 0.347. The number of hydrogen-bond acceptors (Lipinski definition) is 0. The molecule has 0 spiro atoms. The van der Waals surface area contributed by atoms with Crippen molar-refractivity contribution in [3.63, 3.8) is 0 Å². The highest BCUT2D eigenvalue weighted by molar-refractivity contribution is 6.09. The number of para-hydroxylation sites is 1. The second-order valence-corrected chi connectivity index (χ2v) is 14.2. The standard InChI is InChI=1S/C48H40N2/c1-3-12-33(13-4-1)35-22-26-39(27-23-35)49-45-20-9-7-18-41(45)43-31-37(24-28-47(43)49)38-25-29-48-44(32-38)42-19-8-10-21-46(42)50(48)40-17-11-16-36(30-40)34-14-5-2-6-15-34/h1-3,5-6,8-12,14-17,19-22,24-26,28-30,32,37H,4,7,13,18,23,27,31H2. The van der Waals surface area contributed by atoms with E-state index in [4.69, 9.17) is 0 Å². The highest BCUT2D eigenvalue weighted by atomic mass is 15.0. The summed E-state index contributed by atoms with van der Waals surface area (Å²) < 4.78 is 5.04. The van der Waals surface area contributed by atoms with Crippen LogP contribution in [0.25, 0.3) is 56.5 Å². The van der Waals surface area contributed by atoms with Crippen molar-refractivity contribution in [3.05, 3.63) is 179 Å². The number of hydrogen-bond donors (Lipinski definition) is 0. The van der Waals surface area contributed by atoms with E-state index in [1.807, 2.05) is 0 Å². The predicted molar refractivity (Wildman–Crippen MR) is 212 cm³/mol. The Morgan fingerprint density at radius 1 is 0.540 bits per heavy atom. The van der Waals surface area contributed by atoms with Gasteiger partial charge in [-0.1, -0.05) is 103 Å². The van der Waals surface area contributed by atoms with Crippen LogP contribution in [0.3, 0.4) is 0 Å². The molecule has 0 aliphatic heterocycles. The predicted octanol–water partition coefficient (Wildman–Crippen LogP) is 12.4. The van der Waals surface area contributed by atoms with Crippen molar-refractivity contribution >= 4 is 39.7 Å². The fourth-order valence-electron chi connectivity index (χ4n) is 8.93. The maximum absolute atomic E-state index is 2.59. The van der Waals surface area contributed by atoms with Gasteiger partial charge in [-0.25, -0.2) is 0 Å². The lowest BCUT2D eigenvalue weighted by Crippen LogP contribution is -2.10. The Morgan fingerprint density at radius 3 is 2.24 bits per heavy atom. The van der Waals surface area contributed by atoms with Crippen LogP contribution in [0.5, 0.6) is 0 Å². The van der Waals surface area contributed by atoms with E-state index in [9.17, 15) is 0 Å². The van der Waals surface area contributed by atoms with E-state index < -0.39 is 0 Å². The molecule has 0 fully saturated rings. The molecule has 4 aliphatic rings. The normalized spacial score (nSPS) is 18.2. The maximum atomic E-state index is 2.59. The van der Waals surface area contributed by atoms with Gasteiger partial charge in [0.05, 0.1) is 11.0 Å². The van der Waals surface area contributed by atoms with Crippen LogP contribution >= 0.6 is 0 Å². The van der Waals surface area contributed by atoms with Gasteiger partial charge in [-0.3, -0.25) is 0 Å². The van der Waals surface area contributed by atoms with Crippen LogP contribution < -0.4 is 0 Å². The maximum Gasteiger partial charge on any atom is 0.0541 e. The van der Waals surface area contributed by atoms with Gasteiger partial charge in [-0.2, -0.15) is 0 Å². The van der Waals surface area contributed by atoms with Gasteiger partial charge in [0, 0.05) is 39.5 Å². The van der Waals surface area contributed by atoms with Crippen molar-refractivity contribution in [2.24, 2.45) is 0 Å². The summed E-state index contributed by atoms with van der Waals surface area (Å²) in [7, 11) is 0. The third-order valence-electron chi connectivity index (χ3n) is 11.4. The Labute approximate surface area is 294 Å². The van der Waals surface area contributed by atoms with Gasteiger partial charge in [0.2, 0.25) is 0 Å². The largest absolute Gasteiger partial charge is 0.314 e. The highest BCUT2D eigenvalue weighted by Crippen LogP contribution is 2.43. The lowest BCUT2D eigenvalue weighted by molar-refractivity contribution is 0.808. The molecule has 2 nitrogen and oxygen atoms in total. The Morgan fingerprint density at radius 2 is 1.36 bits per heavy atom. The second kappa shape index (κ2) is 12.1. The second-order valence-electron chi connectivity index (χ2n) is 14.2. The minimum absolute atomic E-state index is 0.347. The van der Waals surface area contributed by atoms with Crippen molar-refractivity contribution in [1.82, 2.24) is 9.13 Å². The first-order valence-corrected chi connectivity index (χ1v) is 18.4. The summed E-state index contributed by atoms with van der Waals surface area (Å²) in [4.78, 5) is 0. The molecule has 0 radical (unpaired) electrons. The first kappa shape index (κ1) is 29.3. The smallest absolute Gasteiger partial charge is 0.0541 e. The van der Waals surface area contributed by atoms with Gasteiger partial charge in [-0.15, -0.1) is 0 Å². The molecule has 2 aromatic heterocycles. The van der Waals surface area contributed by atoms with E-state index >= 15 is 0 Å². The Bertz CT molecular complexity index is 2500. The summed E-state index contributed by atoms with van der Waals surface area (Å²) in [5, 5.41) is 2.63. The average Bonchev–Trinajstić information content (AvgIpc) is 3.71. The SMILES string of the molecule is C1=CCCC(C2=CC=C(n3c4c(c5c3C=CC(c3ccc6c(c3)c3ccccc3n6-c3cccc(-c6ccccc6)c3)C5)CCC=C4)CC2)=C1. The molecule has 6 aromatic rings. The van der Waals surface area contributed by atoms with Crippen LogP contribution in [-0.2, 0) is 12.8 Å². The quantitative estimate of drug-likeness (QED) is 0.177. The molecule has 242 valence electrons. The molecule has 1 atom stereocenters. The number of fused-ring (bicyclic) bond motifs is 6. The van der Waals surface area contributed by atoms with Gasteiger partial charge in [-0.05, 0) is 132 Å². The molecule has 2 heteroatoms. The molecule has 0 N–H and O–H groups in total. The molecular formula is C48H40N2. The van der Waals surface area contributed by atoms with Crippen LogP contribution in [0.2, 0.25) is 0 Å². The van der Waals surface area contributed by atoms with Crippen molar-refractivity contribution < 1.29 is 0 Å². The molecule has 0 saturated carbocycles. The Balaban J connectivity index is 1.03. The van der Waals surface area contributed by atoms with Gasteiger partial charge in [0.25, 0.3) is 0 Å². The topological polar surface area (TPSA) is 9.86 Å². The van der Waals surface area contributed by atoms with Crippen LogP contribution in [-0.4, -0.2) is 9.13 Å². The van der Waals surface area contributed by atoms with Gasteiger partial charge >= 0.3 is 0 Å². The van der Waals surface area contributed by atoms with E-state index in [1.54, 1.807) is 11.1 Å². The third kappa shape index (κ3) is 4.85. The number of rotatable bonds is 5. The van der Waals surface area contributed by atoms with E-state index in [1.165, 1.54) is 78.8 Å². The molecule has 0 amide bonds. The average molecular weight is 645 g/mol. The highest BCUT2D eigenvalue weighted by Gasteiger charge is 2.29. The Kier molecular flexibility index (Phi) is 7.08. The zero-order valence-electron chi connectivity index (χ0n) is 28.4. The molecule has 50 heavy (non-hydrogen) atoms. The minimum atomic E-state index is 0.347. The first-order valence-electron chi connectivity index (χ1n) is 18.4. The summed E-state index contributed by atoms with van der Waals surface area (Å²) in [6.07, 6.45) is 29.1. The lowest BCUT2D eigenvalue weighted by Gasteiger charge is -2.23. The fourth-order valence-corrected chi connectivity index (χ4v) is 8.93. The lowest BCUT2D eigenvalue weighted by atomic mass is 9.84. The molecule has 0 bridgehead atoms. The molecule has 4 aliphatic carbocycles. The number of allylic oxidation sites excluding steroid dienone is 10. The van der Waals surface area contributed by atoms with Crippen LogP contribution in [0, 0.1) is 0 Å². The molecule has 1 unspecified atom stereocenters. The molecule has 10 rings (SSSR count). The van der Waals surface area contributed by atoms with Crippen LogP contribution in [0.1, 0.15) is 66.1 Å². The van der Waals surface area contributed by atoms with E-state index in [0.29, 0.717) is 5.92 Å². The zero-order chi connectivity index (χ0) is 33.0. The molecule has 2 heterocycles. The van der Waals surface area contributed by atoms with E-state index in [-0.39, 0.29) is 0 Å². The zero-order valence-corrected chi connectivity index (χ0v) is 28.4. The van der Waals surface area contributed by atoms with Crippen molar-refractivity contribution in [2.75, 3.05) is 0 Å². The molecule has 0 saturated heterocycles. The summed E-state index contributed by atoms with van der Waals surface area (Å²) in [5.41, 5.74) is 17.9. The Hall–Kier alpha value is -5.60. The molecule has 4 aromatic carbocycles. The number of aromatic nitrogens is 2. The van der Waals surface area contributed by atoms with Gasteiger partial charge < -0.3 is 9.13 Å². The van der Waals surface area contributed by atoms with E-state index in [0.717, 1.165) is 38.5 Å². The van der Waals surface area contributed by atoms with Crippen molar-refractivity contribution in [2.45, 2.75) is 50.9 Å².